The lowest BCUT2D eigenvalue weighted by Gasteiger charge is -2.44. The lowest BCUT2D eigenvalue weighted by molar-refractivity contribution is -0.0157. The van der Waals surface area contributed by atoms with Crippen LogP contribution in [0.25, 0.3) is 10.9 Å². The van der Waals surface area contributed by atoms with Gasteiger partial charge in [0, 0.05) is 34.8 Å². The predicted octanol–water partition coefficient (Wildman–Crippen LogP) is 5.16. The fraction of sp³-hybridized carbons (Fsp3) is 0.571. The molecule has 0 aliphatic carbocycles. The summed E-state index contributed by atoms with van der Waals surface area (Å²) in [6.07, 6.45) is 3.26. The van der Waals surface area contributed by atoms with Gasteiger partial charge in [-0.3, -0.25) is 5.10 Å². The van der Waals surface area contributed by atoms with Crippen LogP contribution in [0.15, 0.2) is 30.6 Å². The van der Waals surface area contributed by atoms with Crippen LogP contribution < -0.4 is 0 Å². The van der Waals surface area contributed by atoms with Crippen molar-refractivity contribution < 1.29 is 5.11 Å². The topological polar surface area (TPSA) is 52.1 Å². The Bertz CT molecular complexity index is 788. The van der Waals surface area contributed by atoms with Crippen molar-refractivity contribution in [1.29, 1.82) is 0 Å². The Kier molecular flexibility index (Phi) is 5.36. The molecule has 0 bridgehead atoms. The highest BCUT2D eigenvalue weighted by Crippen LogP contribution is 2.46. The first-order valence-electron chi connectivity index (χ1n) is 9.46. The number of hydrogen-bond acceptors (Lipinski definition) is 3. The fourth-order valence-electron chi connectivity index (χ4n) is 4.16. The molecule has 1 aromatic heterocycles. The zero-order chi connectivity index (χ0) is 19.1. The normalized spacial score (nSPS) is 17.9. The highest BCUT2D eigenvalue weighted by atomic mass is 35.5. The van der Waals surface area contributed by atoms with Crippen molar-refractivity contribution in [1.82, 2.24) is 15.1 Å². The van der Waals surface area contributed by atoms with E-state index in [1.807, 2.05) is 12.1 Å². The average Bonchev–Trinajstić information content (AvgIpc) is 3.07. The molecule has 1 aliphatic rings. The Morgan fingerprint density at radius 3 is 2.62 bits per heavy atom. The number of piperidine rings is 1. The molecule has 0 amide bonds. The first-order valence-corrected chi connectivity index (χ1v) is 9.84. The fourth-order valence-corrected chi connectivity index (χ4v) is 4.40. The molecule has 1 saturated heterocycles. The molecule has 26 heavy (non-hydrogen) atoms. The van der Waals surface area contributed by atoms with E-state index >= 15 is 0 Å². The first-order chi connectivity index (χ1) is 12.2. The Morgan fingerprint density at radius 1 is 1.35 bits per heavy atom. The largest absolute Gasteiger partial charge is 0.388 e. The SMILES string of the molecule is C=C(C(C)C)N1CCC(C(C)(C)[C@H](O)c2cc(Cl)cc3cn[nH]c23)CC1. The Morgan fingerprint density at radius 2 is 2.00 bits per heavy atom. The minimum absolute atomic E-state index is 0.256. The number of nitrogens with one attached hydrogen (secondary N) is 1. The summed E-state index contributed by atoms with van der Waals surface area (Å²) in [6.45, 7) is 15.0. The minimum Gasteiger partial charge on any atom is -0.388 e. The number of benzene rings is 1. The van der Waals surface area contributed by atoms with Gasteiger partial charge in [0.15, 0.2) is 0 Å². The highest BCUT2D eigenvalue weighted by molar-refractivity contribution is 6.31. The monoisotopic (exact) mass is 375 g/mol. The number of likely N-dealkylation sites (tertiary alicyclic amines) is 1. The van der Waals surface area contributed by atoms with Crippen molar-refractivity contribution in [2.45, 2.75) is 46.6 Å². The molecule has 0 radical (unpaired) electrons. The van der Waals surface area contributed by atoms with Gasteiger partial charge in [-0.25, -0.2) is 0 Å². The Labute approximate surface area is 161 Å². The molecule has 0 spiro atoms. The van der Waals surface area contributed by atoms with Crippen LogP contribution in [-0.2, 0) is 0 Å². The highest BCUT2D eigenvalue weighted by Gasteiger charge is 2.40. The van der Waals surface area contributed by atoms with Crippen LogP contribution in [0.1, 0.15) is 52.2 Å². The van der Waals surface area contributed by atoms with Crippen LogP contribution in [-0.4, -0.2) is 33.3 Å². The third-order valence-electron chi connectivity index (χ3n) is 6.16. The van der Waals surface area contributed by atoms with Crippen LogP contribution in [0.2, 0.25) is 5.02 Å². The number of aromatic nitrogens is 2. The van der Waals surface area contributed by atoms with Crippen molar-refractivity contribution in [3.8, 4) is 0 Å². The number of aliphatic hydroxyl groups excluding tert-OH is 1. The van der Waals surface area contributed by atoms with Gasteiger partial charge in [-0.1, -0.05) is 45.9 Å². The summed E-state index contributed by atoms with van der Waals surface area (Å²) in [5.41, 5.74) is 2.67. The lowest BCUT2D eigenvalue weighted by atomic mass is 9.68. The number of H-pyrrole nitrogens is 1. The van der Waals surface area contributed by atoms with E-state index < -0.39 is 6.10 Å². The lowest BCUT2D eigenvalue weighted by Crippen LogP contribution is -2.41. The number of fused-ring (bicyclic) bond motifs is 1. The van der Waals surface area contributed by atoms with E-state index in [1.165, 1.54) is 5.70 Å². The number of aliphatic hydroxyl groups is 1. The number of nitrogens with zero attached hydrogens (tertiary/aromatic N) is 2. The van der Waals surface area contributed by atoms with Gasteiger partial charge in [0.2, 0.25) is 0 Å². The maximum Gasteiger partial charge on any atom is 0.0864 e. The molecule has 0 unspecified atom stereocenters. The summed E-state index contributed by atoms with van der Waals surface area (Å²) < 4.78 is 0. The zero-order valence-corrected chi connectivity index (χ0v) is 17.0. The van der Waals surface area contributed by atoms with E-state index in [9.17, 15) is 5.11 Å². The molecule has 2 heterocycles. The van der Waals surface area contributed by atoms with Gasteiger partial charge in [0.05, 0.1) is 17.8 Å². The second-order valence-corrected chi connectivity index (χ2v) is 8.90. The second kappa shape index (κ2) is 7.24. The molecule has 5 heteroatoms. The smallest absolute Gasteiger partial charge is 0.0864 e. The average molecular weight is 376 g/mol. The minimum atomic E-state index is -0.603. The van der Waals surface area contributed by atoms with E-state index in [2.05, 4.69) is 49.4 Å². The third kappa shape index (κ3) is 3.49. The second-order valence-electron chi connectivity index (χ2n) is 8.46. The maximum atomic E-state index is 11.3. The van der Waals surface area contributed by atoms with Crippen LogP contribution in [0.4, 0.5) is 0 Å². The van der Waals surface area contributed by atoms with Gasteiger partial charge in [0.1, 0.15) is 0 Å². The van der Waals surface area contributed by atoms with Crippen molar-refractivity contribution >= 4 is 22.5 Å². The molecule has 2 aromatic rings. The Balaban J connectivity index is 1.79. The van der Waals surface area contributed by atoms with Gasteiger partial charge >= 0.3 is 0 Å². The van der Waals surface area contributed by atoms with E-state index in [0.29, 0.717) is 16.9 Å². The van der Waals surface area contributed by atoms with Crippen LogP contribution in [0, 0.1) is 17.3 Å². The van der Waals surface area contributed by atoms with Crippen molar-refractivity contribution in [3.63, 3.8) is 0 Å². The predicted molar refractivity (Wildman–Crippen MR) is 108 cm³/mol. The molecule has 2 N–H and O–H groups in total. The maximum absolute atomic E-state index is 11.3. The van der Waals surface area contributed by atoms with Crippen LogP contribution in [0.3, 0.4) is 0 Å². The number of hydrogen-bond donors (Lipinski definition) is 2. The van der Waals surface area contributed by atoms with Gasteiger partial charge in [0.25, 0.3) is 0 Å². The molecule has 1 aromatic carbocycles. The number of aromatic amines is 1. The quantitative estimate of drug-likeness (QED) is 0.759. The van der Waals surface area contributed by atoms with Crippen molar-refractivity contribution in [2.24, 2.45) is 17.3 Å². The molecule has 1 aliphatic heterocycles. The van der Waals surface area contributed by atoms with Gasteiger partial charge < -0.3 is 10.0 Å². The third-order valence-corrected chi connectivity index (χ3v) is 6.38. The van der Waals surface area contributed by atoms with E-state index in [4.69, 9.17) is 11.6 Å². The summed E-state index contributed by atoms with van der Waals surface area (Å²) in [5.74, 6) is 0.913. The van der Waals surface area contributed by atoms with Crippen LogP contribution in [0.5, 0.6) is 0 Å². The number of allylic oxidation sites excluding steroid dienone is 1. The molecule has 1 fully saturated rings. The van der Waals surface area contributed by atoms with Gasteiger partial charge in [-0.2, -0.15) is 5.10 Å². The summed E-state index contributed by atoms with van der Waals surface area (Å²) in [7, 11) is 0. The summed E-state index contributed by atoms with van der Waals surface area (Å²) in [5, 5.41) is 20.0. The number of rotatable bonds is 5. The molecule has 4 nitrogen and oxygen atoms in total. The molecule has 3 rings (SSSR count). The number of halogens is 1. The van der Waals surface area contributed by atoms with Gasteiger partial charge in [-0.05, 0) is 42.2 Å². The van der Waals surface area contributed by atoms with Crippen LogP contribution >= 0.6 is 11.6 Å². The summed E-state index contributed by atoms with van der Waals surface area (Å²) in [4.78, 5) is 2.40. The van der Waals surface area contributed by atoms with Crippen molar-refractivity contribution in [3.05, 3.63) is 41.2 Å². The van der Waals surface area contributed by atoms with Gasteiger partial charge in [-0.15, -0.1) is 0 Å². The Hall–Kier alpha value is -1.52. The standard InChI is InChI=1S/C21H30ClN3O/c1-13(2)14(3)25-8-6-16(7-9-25)21(4,5)20(26)18-11-17(22)10-15-12-23-24-19(15)18/h10-13,16,20,26H,3,6-9H2,1-2,4-5H3,(H,23,24)/t20-/m1/s1. The molecular formula is C21H30ClN3O. The van der Waals surface area contributed by atoms with E-state index in [0.717, 1.165) is 42.4 Å². The molecule has 142 valence electrons. The first kappa shape index (κ1) is 19.2. The molecular weight excluding hydrogens is 346 g/mol. The molecule has 0 saturated carbocycles. The zero-order valence-electron chi connectivity index (χ0n) is 16.2. The molecule has 1 atom stereocenters. The summed E-state index contributed by atoms with van der Waals surface area (Å²) >= 11 is 6.28. The van der Waals surface area contributed by atoms with E-state index in [1.54, 1.807) is 6.20 Å². The van der Waals surface area contributed by atoms with E-state index in [-0.39, 0.29) is 5.41 Å². The summed E-state index contributed by atoms with van der Waals surface area (Å²) in [6, 6.07) is 3.74. The van der Waals surface area contributed by atoms with Crippen molar-refractivity contribution in [2.75, 3.05) is 13.1 Å².